The second-order valence-electron chi connectivity index (χ2n) is 4.09. The highest BCUT2D eigenvalue weighted by Crippen LogP contribution is 2.18. The number of allylic oxidation sites excluding steroid dienone is 1. The van der Waals surface area contributed by atoms with E-state index in [-0.39, 0.29) is 17.3 Å². The molecule has 0 aromatic heterocycles. The average molecular weight is 282 g/mol. The summed E-state index contributed by atoms with van der Waals surface area (Å²) in [5, 5.41) is -0.754. The third kappa shape index (κ3) is 4.67. The number of rotatable bonds is 5. The second kappa shape index (κ2) is 5.86. The van der Waals surface area contributed by atoms with Gasteiger partial charge < -0.3 is 4.74 Å². The Balaban J connectivity index is 2.49. The van der Waals surface area contributed by atoms with E-state index in [0.717, 1.165) is 0 Å². The predicted octanol–water partition coefficient (Wildman–Crippen LogP) is 0.529. The summed E-state index contributed by atoms with van der Waals surface area (Å²) in [4.78, 5) is 0. The Morgan fingerprint density at radius 2 is 1.94 bits per heavy atom. The lowest BCUT2D eigenvalue weighted by Crippen LogP contribution is -2.40. The van der Waals surface area contributed by atoms with Crippen molar-refractivity contribution in [3.63, 3.8) is 0 Å². The van der Waals surface area contributed by atoms with Crippen molar-refractivity contribution in [3.05, 3.63) is 12.3 Å². The molecular formula is C10H18O5S2. The van der Waals surface area contributed by atoms with Crippen LogP contribution >= 0.6 is 0 Å². The highest BCUT2D eigenvalue weighted by Gasteiger charge is 2.36. The van der Waals surface area contributed by atoms with Crippen molar-refractivity contribution in [2.75, 3.05) is 23.9 Å². The van der Waals surface area contributed by atoms with Crippen LogP contribution in [0.15, 0.2) is 12.3 Å². The summed E-state index contributed by atoms with van der Waals surface area (Å²) in [5.41, 5.74) is 0. The van der Waals surface area contributed by atoms with Crippen LogP contribution in [0.1, 0.15) is 19.8 Å². The van der Waals surface area contributed by atoms with Crippen LogP contribution in [-0.2, 0) is 24.4 Å². The Labute approximate surface area is 103 Å². The predicted molar refractivity (Wildman–Crippen MR) is 66.2 cm³/mol. The lowest BCUT2D eigenvalue weighted by atomic mass is 10.2. The van der Waals surface area contributed by atoms with Gasteiger partial charge in [0.2, 0.25) is 0 Å². The third-order valence-electron chi connectivity index (χ3n) is 2.65. The second-order valence-corrected chi connectivity index (χ2v) is 8.72. The molecule has 0 aromatic carbocycles. The zero-order chi connectivity index (χ0) is 12.9. The molecule has 0 N–H and O–H groups in total. The molecule has 1 unspecified atom stereocenters. The summed E-state index contributed by atoms with van der Waals surface area (Å²) in [6, 6.07) is 0. The Bertz CT molecular complexity index is 461. The molecule has 0 aromatic rings. The molecule has 0 amide bonds. The van der Waals surface area contributed by atoms with Crippen LogP contribution in [0.4, 0.5) is 0 Å². The minimum atomic E-state index is -3.24. The molecule has 1 saturated heterocycles. The van der Waals surface area contributed by atoms with Crippen molar-refractivity contribution in [2.24, 2.45) is 0 Å². The quantitative estimate of drug-likeness (QED) is 0.543. The van der Waals surface area contributed by atoms with Crippen LogP contribution in [0.5, 0.6) is 0 Å². The maximum atomic E-state index is 11.7. The molecule has 0 bridgehead atoms. The Morgan fingerprint density at radius 1 is 1.24 bits per heavy atom. The molecule has 1 fully saturated rings. The van der Waals surface area contributed by atoms with Gasteiger partial charge in [-0.3, -0.25) is 0 Å². The number of ether oxygens (including phenoxy) is 1. The van der Waals surface area contributed by atoms with Crippen molar-refractivity contribution in [1.82, 2.24) is 0 Å². The van der Waals surface area contributed by atoms with Gasteiger partial charge in [0.25, 0.3) is 0 Å². The lowest BCUT2D eigenvalue weighted by Gasteiger charge is -2.22. The zero-order valence-corrected chi connectivity index (χ0v) is 11.5. The lowest BCUT2D eigenvalue weighted by molar-refractivity contribution is 0.241. The van der Waals surface area contributed by atoms with Crippen LogP contribution in [0.25, 0.3) is 0 Å². The van der Waals surface area contributed by atoms with Gasteiger partial charge in [-0.2, -0.15) is 0 Å². The molecule has 1 aliphatic rings. The maximum Gasteiger partial charge on any atom is 0.155 e. The number of hydrogen-bond donors (Lipinski definition) is 0. The highest BCUT2D eigenvalue weighted by atomic mass is 32.2. The highest BCUT2D eigenvalue weighted by molar-refractivity contribution is 7.98. The summed E-state index contributed by atoms with van der Waals surface area (Å²) in [5.74, 6) is -0.713. The first kappa shape index (κ1) is 14.5. The zero-order valence-electron chi connectivity index (χ0n) is 9.83. The molecule has 17 heavy (non-hydrogen) atoms. The SMILES string of the molecule is C/C=C/OCCCC1CS(=O)(=O)CCS1(=O)=O. The van der Waals surface area contributed by atoms with E-state index in [1.165, 1.54) is 6.26 Å². The monoisotopic (exact) mass is 282 g/mol. The molecule has 100 valence electrons. The smallest absolute Gasteiger partial charge is 0.155 e. The normalized spacial score (nSPS) is 27.0. The van der Waals surface area contributed by atoms with Gasteiger partial charge in [-0.25, -0.2) is 16.8 Å². The van der Waals surface area contributed by atoms with E-state index in [9.17, 15) is 16.8 Å². The fraction of sp³-hybridized carbons (Fsp3) is 0.800. The minimum absolute atomic E-state index is 0.235. The van der Waals surface area contributed by atoms with E-state index in [1.54, 1.807) is 6.08 Å². The van der Waals surface area contributed by atoms with Crippen LogP contribution < -0.4 is 0 Å². The molecule has 1 rings (SSSR count). The first-order valence-electron chi connectivity index (χ1n) is 5.52. The van der Waals surface area contributed by atoms with Gasteiger partial charge >= 0.3 is 0 Å². The van der Waals surface area contributed by atoms with Crippen molar-refractivity contribution in [2.45, 2.75) is 25.0 Å². The molecular weight excluding hydrogens is 264 g/mol. The fourth-order valence-corrected chi connectivity index (χ4v) is 6.86. The molecule has 0 saturated carbocycles. The van der Waals surface area contributed by atoms with E-state index >= 15 is 0 Å². The first-order chi connectivity index (χ1) is 7.87. The van der Waals surface area contributed by atoms with Gasteiger partial charge in [0, 0.05) is 0 Å². The first-order valence-corrected chi connectivity index (χ1v) is 9.06. The number of hydrogen-bond acceptors (Lipinski definition) is 5. The fourth-order valence-electron chi connectivity index (χ4n) is 1.70. The minimum Gasteiger partial charge on any atom is -0.502 e. The topological polar surface area (TPSA) is 77.5 Å². The molecule has 7 heteroatoms. The van der Waals surface area contributed by atoms with Gasteiger partial charge in [0.05, 0.1) is 35.4 Å². The Kier molecular flexibility index (Phi) is 5.00. The average Bonchev–Trinajstić information content (AvgIpc) is 2.23. The molecule has 0 spiro atoms. The van der Waals surface area contributed by atoms with Crippen LogP contribution in [0.3, 0.4) is 0 Å². The van der Waals surface area contributed by atoms with Gasteiger partial charge in [-0.05, 0) is 19.8 Å². The Morgan fingerprint density at radius 3 is 2.59 bits per heavy atom. The summed E-state index contributed by atoms with van der Waals surface area (Å²) >= 11 is 0. The van der Waals surface area contributed by atoms with Gasteiger partial charge in [-0.15, -0.1) is 0 Å². The molecule has 5 nitrogen and oxygen atoms in total. The molecule has 0 aliphatic carbocycles. The van der Waals surface area contributed by atoms with E-state index in [0.29, 0.717) is 19.4 Å². The van der Waals surface area contributed by atoms with Crippen LogP contribution in [0, 0.1) is 0 Å². The van der Waals surface area contributed by atoms with E-state index < -0.39 is 24.9 Å². The van der Waals surface area contributed by atoms with Crippen LogP contribution in [0.2, 0.25) is 0 Å². The van der Waals surface area contributed by atoms with Crippen LogP contribution in [-0.4, -0.2) is 46.0 Å². The van der Waals surface area contributed by atoms with Crippen molar-refractivity contribution >= 4 is 19.7 Å². The summed E-state index contributed by atoms with van der Waals surface area (Å²) in [6.45, 7) is 2.23. The third-order valence-corrected chi connectivity index (χ3v) is 7.04. The van der Waals surface area contributed by atoms with Gasteiger partial charge in [0.15, 0.2) is 19.7 Å². The molecule has 1 atom stereocenters. The maximum absolute atomic E-state index is 11.7. The van der Waals surface area contributed by atoms with E-state index in [2.05, 4.69) is 0 Å². The van der Waals surface area contributed by atoms with E-state index in [4.69, 9.17) is 4.74 Å². The molecule has 1 aliphatic heterocycles. The summed E-state index contributed by atoms with van der Waals surface area (Å²) in [6.07, 6.45) is 4.16. The van der Waals surface area contributed by atoms with Crippen molar-refractivity contribution in [3.8, 4) is 0 Å². The Hall–Kier alpha value is -0.560. The van der Waals surface area contributed by atoms with Gasteiger partial charge in [0.1, 0.15) is 0 Å². The standard InChI is InChI=1S/C10H18O5S2/c1-2-5-15-6-3-4-10-9-16(11,12)7-8-17(10,13)14/h2,5,10H,3-4,6-9H2,1H3/b5-2+. The van der Waals surface area contributed by atoms with E-state index in [1.807, 2.05) is 6.92 Å². The van der Waals surface area contributed by atoms with Gasteiger partial charge in [-0.1, -0.05) is 6.08 Å². The van der Waals surface area contributed by atoms with Crippen molar-refractivity contribution in [1.29, 1.82) is 0 Å². The summed E-state index contributed by atoms with van der Waals surface area (Å²) in [7, 11) is -6.42. The van der Waals surface area contributed by atoms with Crippen molar-refractivity contribution < 1.29 is 21.6 Å². The number of sulfone groups is 2. The molecule has 0 radical (unpaired) electrons. The summed E-state index contributed by atoms with van der Waals surface area (Å²) < 4.78 is 51.2. The molecule has 1 heterocycles. The largest absolute Gasteiger partial charge is 0.502 e.